The Morgan fingerprint density at radius 3 is 1.35 bits per heavy atom. The van der Waals surface area contributed by atoms with E-state index in [2.05, 4.69) is 0 Å². The van der Waals surface area contributed by atoms with Crippen LogP contribution in [0.15, 0.2) is 0 Å². The molecular weight excluding hydrogens is 300 g/mol. The molecule has 0 unspecified atom stereocenters. The molecule has 6 nitrogen and oxygen atoms in total. The number of hydrogen-bond donors (Lipinski definition) is 2. The number of carbonyl (C=O) groups is 2. The maximum Gasteiger partial charge on any atom is 0.305 e. The van der Waals surface area contributed by atoms with Crippen LogP contribution >= 0.6 is 0 Å². The van der Waals surface area contributed by atoms with Gasteiger partial charge in [-0.1, -0.05) is 19.3 Å². The maximum atomic E-state index is 11.4. The van der Waals surface area contributed by atoms with E-state index in [0.29, 0.717) is 51.7 Å². The quantitative estimate of drug-likeness (QED) is 0.333. The lowest BCUT2D eigenvalue weighted by Crippen LogP contribution is -2.06. The monoisotopic (exact) mass is 332 g/mol. The standard InChI is InChI=1S/C17H32O6/c18-12-6-8-14-22-16(20)10-4-2-1-3-5-11-17(21)23-15-9-7-13-19/h18-19H,1-15H2. The predicted octanol–water partition coefficient (Wildman–Crippen LogP) is 2.35. The summed E-state index contributed by atoms with van der Waals surface area (Å²) in [6, 6.07) is 0. The van der Waals surface area contributed by atoms with Gasteiger partial charge in [0.25, 0.3) is 0 Å². The van der Waals surface area contributed by atoms with Gasteiger partial charge in [-0.15, -0.1) is 0 Å². The molecule has 0 saturated carbocycles. The van der Waals surface area contributed by atoms with Crippen molar-refractivity contribution in [1.29, 1.82) is 0 Å². The summed E-state index contributed by atoms with van der Waals surface area (Å²) in [6.07, 6.45) is 8.14. The first kappa shape index (κ1) is 21.9. The van der Waals surface area contributed by atoms with Crippen molar-refractivity contribution in [2.45, 2.75) is 70.6 Å². The van der Waals surface area contributed by atoms with Gasteiger partial charge >= 0.3 is 11.9 Å². The van der Waals surface area contributed by atoms with E-state index in [-0.39, 0.29) is 25.2 Å². The van der Waals surface area contributed by atoms with Crippen molar-refractivity contribution in [2.24, 2.45) is 0 Å². The second-order valence-corrected chi connectivity index (χ2v) is 5.57. The molecule has 0 atom stereocenters. The molecule has 23 heavy (non-hydrogen) atoms. The molecule has 0 heterocycles. The molecule has 0 spiro atoms. The van der Waals surface area contributed by atoms with Crippen LogP contribution in [0.25, 0.3) is 0 Å². The lowest BCUT2D eigenvalue weighted by atomic mass is 10.1. The number of aliphatic hydroxyl groups excluding tert-OH is 2. The average Bonchev–Trinajstić information content (AvgIpc) is 2.54. The van der Waals surface area contributed by atoms with E-state index >= 15 is 0 Å². The van der Waals surface area contributed by atoms with Crippen LogP contribution in [0.5, 0.6) is 0 Å². The van der Waals surface area contributed by atoms with Crippen LogP contribution in [-0.4, -0.2) is 48.6 Å². The summed E-state index contributed by atoms with van der Waals surface area (Å²) < 4.78 is 10.1. The Kier molecular flexibility index (Phi) is 16.4. The number of unbranched alkanes of at least 4 members (excludes halogenated alkanes) is 6. The molecule has 0 fully saturated rings. The van der Waals surface area contributed by atoms with Gasteiger partial charge in [-0.25, -0.2) is 0 Å². The van der Waals surface area contributed by atoms with Crippen LogP contribution in [0.4, 0.5) is 0 Å². The molecule has 0 aromatic carbocycles. The molecule has 0 saturated heterocycles. The van der Waals surface area contributed by atoms with Gasteiger partial charge in [0.15, 0.2) is 0 Å². The van der Waals surface area contributed by atoms with Gasteiger partial charge < -0.3 is 19.7 Å². The fraction of sp³-hybridized carbons (Fsp3) is 0.882. The lowest BCUT2D eigenvalue weighted by molar-refractivity contribution is -0.144. The molecule has 0 aromatic heterocycles. The number of rotatable bonds is 16. The minimum Gasteiger partial charge on any atom is -0.466 e. The molecule has 0 aromatic rings. The third-order valence-corrected chi connectivity index (χ3v) is 3.39. The molecular formula is C17H32O6. The van der Waals surface area contributed by atoms with Gasteiger partial charge in [0.05, 0.1) is 13.2 Å². The van der Waals surface area contributed by atoms with Gasteiger partial charge in [0, 0.05) is 26.1 Å². The summed E-state index contributed by atoms with van der Waals surface area (Å²) in [7, 11) is 0. The number of hydrogen-bond acceptors (Lipinski definition) is 6. The molecule has 0 aliphatic carbocycles. The molecule has 0 amide bonds. The highest BCUT2D eigenvalue weighted by atomic mass is 16.5. The van der Waals surface area contributed by atoms with Crippen molar-refractivity contribution in [3.05, 3.63) is 0 Å². The Morgan fingerprint density at radius 2 is 0.957 bits per heavy atom. The van der Waals surface area contributed by atoms with Gasteiger partial charge in [-0.3, -0.25) is 9.59 Å². The summed E-state index contributed by atoms with van der Waals surface area (Å²) in [4.78, 5) is 22.7. The molecule has 0 aliphatic rings. The average molecular weight is 332 g/mol. The van der Waals surface area contributed by atoms with Crippen molar-refractivity contribution in [3.8, 4) is 0 Å². The topological polar surface area (TPSA) is 93.1 Å². The Labute approximate surface area is 139 Å². The SMILES string of the molecule is O=C(CCCCCCCC(=O)OCCCCO)OCCCCO. The molecule has 0 rings (SSSR count). The predicted molar refractivity (Wildman–Crippen MR) is 86.9 cm³/mol. The van der Waals surface area contributed by atoms with Crippen LogP contribution in [0.1, 0.15) is 70.6 Å². The first-order valence-corrected chi connectivity index (χ1v) is 8.73. The van der Waals surface area contributed by atoms with Crippen LogP contribution in [-0.2, 0) is 19.1 Å². The van der Waals surface area contributed by atoms with Gasteiger partial charge in [-0.2, -0.15) is 0 Å². The number of ether oxygens (including phenoxy) is 2. The van der Waals surface area contributed by atoms with Crippen molar-refractivity contribution in [1.82, 2.24) is 0 Å². The highest BCUT2D eigenvalue weighted by molar-refractivity contribution is 5.69. The normalized spacial score (nSPS) is 10.5. The van der Waals surface area contributed by atoms with Gasteiger partial charge in [0.1, 0.15) is 0 Å². The first-order chi connectivity index (χ1) is 11.2. The second kappa shape index (κ2) is 17.2. The Balaban J connectivity index is 3.26. The van der Waals surface area contributed by atoms with Crippen molar-refractivity contribution < 1.29 is 29.3 Å². The zero-order chi connectivity index (χ0) is 17.2. The Bertz CT molecular complexity index is 265. The zero-order valence-electron chi connectivity index (χ0n) is 14.1. The van der Waals surface area contributed by atoms with Gasteiger partial charge in [-0.05, 0) is 38.5 Å². The molecule has 0 bridgehead atoms. The first-order valence-electron chi connectivity index (χ1n) is 8.73. The van der Waals surface area contributed by atoms with Gasteiger partial charge in [0.2, 0.25) is 0 Å². The largest absolute Gasteiger partial charge is 0.466 e. The highest BCUT2D eigenvalue weighted by Crippen LogP contribution is 2.08. The van der Waals surface area contributed by atoms with Crippen molar-refractivity contribution >= 4 is 11.9 Å². The van der Waals surface area contributed by atoms with Crippen LogP contribution < -0.4 is 0 Å². The maximum absolute atomic E-state index is 11.4. The summed E-state index contributed by atoms with van der Waals surface area (Å²) in [5, 5.41) is 17.2. The molecule has 2 N–H and O–H groups in total. The minimum absolute atomic E-state index is 0.133. The van der Waals surface area contributed by atoms with E-state index in [1.54, 1.807) is 0 Å². The van der Waals surface area contributed by atoms with Crippen LogP contribution in [0, 0.1) is 0 Å². The summed E-state index contributed by atoms with van der Waals surface area (Å²) in [5.41, 5.74) is 0. The molecule has 0 radical (unpaired) electrons. The highest BCUT2D eigenvalue weighted by Gasteiger charge is 2.04. The van der Waals surface area contributed by atoms with Crippen LogP contribution in [0.2, 0.25) is 0 Å². The minimum atomic E-state index is -0.172. The van der Waals surface area contributed by atoms with Crippen molar-refractivity contribution in [3.63, 3.8) is 0 Å². The van der Waals surface area contributed by atoms with E-state index in [1.165, 1.54) is 0 Å². The van der Waals surface area contributed by atoms with Crippen LogP contribution in [0.3, 0.4) is 0 Å². The van der Waals surface area contributed by atoms with E-state index < -0.39 is 0 Å². The zero-order valence-corrected chi connectivity index (χ0v) is 14.1. The summed E-state index contributed by atoms with van der Waals surface area (Å²) in [6.45, 7) is 1.04. The second-order valence-electron chi connectivity index (χ2n) is 5.57. The third kappa shape index (κ3) is 17.1. The van der Waals surface area contributed by atoms with Crippen molar-refractivity contribution in [2.75, 3.05) is 26.4 Å². The lowest BCUT2D eigenvalue weighted by Gasteiger charge is -2.05. The van der Waals surface area contributed by atoms with E-state index in [1.807, 2.05) is 0 Å². The third-order valence-electron chi connectivity index (χ3n) is 3.39. The Hall–Kier alpha value is -1.14. The summed E-state index contributed by atoms with van der Waals surface area (Å²) >= 11 is 0. The fourth-order valence-electron chi connectivity index (χ4n) is 2.01. The van der Waals surface area contributed by atoms with E-state index in [4.69, 9.17) is 19.7 Å². The summed E-state index contributed by atoms with van der Waals surface area (Å²) in [5.74, 6) is -0.344. The van der Waals surface area contributed by atoms with E-state index in [0.717, 1.165) is 32.1 Å². The van der Waals surface area contributed by atoms with E-state index in [9.17, 15) is 9.59 Å². The number of esters is 2. The fourth-order valence-corrected chi connectivity index (χ4v) is 2.01. The number of carbonyl (C=O) groups excluding carboxylic acids is 2. The Morgan fingerprint density at radius 1 is 0.565 bits per heavy atom. The number of aliphatic hydroxyl groups is 2. The molecule has 136 valence electrons. The smallest absolute Gasteiger partial charge is 0.305 e. The molecule has 0 aliphatic heterocycles. The molecule has 6 heteroatoms.